The van der Waals surface area contributed by atoms with Crippen molar-refractivity contribution in [1.29, 1.82) is 0 Å². The van der Waals surface area contributed by atoms with E-state index in [-0.39, 0.29) is 17.2 Å². The van der Waals surface area contributed by atoms with Crippen molar-refractivity contribution < 1.29 is 37.7 Å². The van der Waals surface area contributed by atoms with Gasteiger partial charge in [-0.2, -0.15) is 4.31 Å². The van der Waals surface area contributed by atoms with Crippen molar-refractivity contribution >= 4 is 16.1 Å². The van der Waals surface area contributed by atoms with E-state index in [0.717, 1.165) is 4.31 Å². The van der Waals surface area contributed by atoms with Crippen LogP contribution in [0, 0.1) is 0 Å². The molecule has 1 aliphatic rings. The summed E-state index contributed by atoms with van der Waals surface area (Å²) in [6, 6.07) is 17.1. The van der Waals surface area contributed by atoms with Crippen molar-refractivity contribution in [3.8, 4) is 23.0 Å². The second kappa shape index (κ2) is 9.59. The zero-order valence-corrected chi connectivity index (χ0v) is 18.9. The van der Waals surface area contributed by atoms with E-state index in [2.05, 4.69) is 0 Å². The molecule has 3 aromatic carbocycles. The van der Waals surface area contributed by atoms with Gasteiger partial charge in [-0.15, -0.1) is 0 Å². The molecule has 0 spiro atoms. The molecule has 0 aliphatic carbocycles. The Bertz CT molecular complexity index is 1280. The molecule has 0 saturated heterocycles. The van der Waals surface area contributed by atoms with Crippen molar-refractivity contribution in [2.24, 2.45) is 0 Å². The summed E-state index contributed by atoms with van der Waals surface area (Å²) in [5.74, 6) is 1.67. The molecule has 1 amide bonds. The lowest BCUT2D eigenvalue weighted by Gasteiger charge is -2.35. The maximum atomic E-state index is 13.4. The van der Waals surface area contributed by atoms with Gasteiger partial charge in [-0.1, -0.05) is 0 Å². The van der Waals surface area contributed by atoms with Gasteiger partial charge in [0.2, 0.25) is 10.0 Å². The average molecular weight is 487 g/mol. The smallest absolute Gasteiger partial charge is 0.432 e. The number of benzene rings is 3. The topological polar surface area (TPSA) is 135 Å². The van der Waals surface area contributed by atoms with Crippen molar-refractivity contribution in [2.75, 3.05) is 13.7 Å². The zero-order chi connectivity index (χ0) is 24.3. The van der Waals surface area contributed by atoms with Crippen LogP contribution in [0.25, 0.3) is 0 Å². The molecule has 3 aromatic rings. The number of methoxy groups -OCH3 is 1. The van der Waals surface area contributed by atoms with Crippen molar-refractivity contribution in [1.82, 2.24) is 9.79 Å². The lowest BCUT2D eigenvalue weighted by Crippen LogP contribution is -2.43. The number of hydroxylamine groups is 1. The number of carbonyl (C=O) groups excluding carboxylic acids is 1. The minimum absolute atomic E-state index is 0.00728. The molecular weight excluding hydrogens is 464 g/mol. The molecule has 1 aliphatic heterocycles. The van der Waals surface area contributed by atoms with Crippen LogP contribution >= 0.6 is 0 Å². The summed E-state index contributed by atoms with van der Waals surface area (Å²) in [5.41, 5.74) is 2.36. The number of fused-ring (bicyclic) bond motifs is 1. The number of ether oxygens (including phenoxy) is 3. The first-order valence-corrected chi connectivity index (χ1v) is 11.6. The molecule has 0 saturated carbocycles. The number of hydrogen-bond donors (Lipinski definition) is 3. The molecule has 0 bridgehead atoms. The fourth-order valence-electron chi connectivity index (χ4n) is 3.64. The molecular formula is C23H22N2O8S. The van der Waals surface area contributed by atoms with E-state index >= 15 is 0 Å². The third-order valence-corrected chi connectivity index (χ3v) is 7.15. The Morgan fingerprint density at radius 2 is 1.62 bits per heavy atom. The summed E-state index contributed by atoms with van der Waals surface area (Å²) in [7, 11) is -2.54. The van der Waals surface area contributed by atoms with E-state index in [1.165, 1.54) is 47.9 Å². The largest absolute Gasteiger partial charge is 0.508 e. The highest BCUT2D eigenvalue weighted by Crippen LogP contribution is 2.37. The fourth-order valence-corrected chi connectivity index (χ4v) is 5.13. The molecule has 1 heterocycles. The van der Waals surface area contributed by atoms with E-state index in [4.69, 9.17) is 19.4 Å². The van der Waals surface area contributed by atoms with Crippen LogP contribution in [-0.4, -0.2) is 42.8 Å². The second-order valence-corrected chi connectivity index (χ2v) is 9.26. The van der Waals surface area contributed by atoms with E-state index < -0.39 is 22.3 Å². The molecule has 1 atom stereocenters. The number of rotatable bonds is 6. The van der Waals surface area contributed by atoms with Gasteiger partial charge in [-0.25, -0.2) is 18.7 Å². The third kappa shape index (κ3) is 4.76. The average Bonchev–Trinajstić information content (AvgIpc) is 2.84. The van der Waals surface area contributed by atoms with Gasteiger partial charge in [0.15, 0.2) is 6.23 Å². The normalized spacial score (nSPS) is 15.8. The monoisotopic (exact) mass is 486 g/mol. The van der Waals surface area contributed by atoms with Crippen LogP contribution in [0.1, 0.15) is 17.4 Å². The molecule has 178 valence electrons. The first-order valence-electron chi connectivity index (χ1n) is 10.2. The molecule has 10 nitrogen and oxygen atoms in total. The number of sulfonamides is 1. The summed E-state index contributed by atoms with van der Waals surface area (Å²) in [6.45, 7) is -0.00768. The summed E-state index contributed by atoms with van der Waals surface area (Å²) >= 11 is 0. The number of aromatic hydroxyl groups is 1. The summed E-state index contributed by atoms with van der Waals surface area (Å²) in [5, 5.41) is 18.6. The highest BCUT2D eigenvalue weighted by Gasteiger charge is 2.39. The SMILES string of the molecule is COc1ccc(Oc2ccc(S(=O)(=O)N3CCc4cc(O)ccc4C3OC(=O)NO)cc2)cc1. The number of nitrogens with zero attached hydrogens (tertiary/aromatic N) is 1. The molecule has 0 radical (unpaired) electrons. The molecule has 4 rings (SSSR count). The van der Waals surface area contributed by atoms with Crippen LogP contribution in [0.3, 0.4) is 0 Å². The Labute approximate surface area is 195 Å². The summed E-state index contributed by atoms with van der Waals surface area (Å²) in [6.07, 6.45) is -2.26. The Kier molecular flexibility index (Phi) is 6.59. The van der Waals surface area contributed by atoms with Crippen LogP contribution in [0.2, 0.25) is 0 Å². The van der Waals surface area contributed by atoms with Gasteiger partial charge in [0.25, 0.3) is 0 Å². The lowest BCUT2D eigenvalue weighted by atomic mass is 9.99. The zero-order valence-electron chi connectivity index (χ0n) is 18.0. The van der Waals surface area contributed by atoms with Gasteiger partial charge in [0.05, 0.1) is 12.0 Å². The fraction of sp³-hybridized carbons (Fsp3) is 0.174. The van der Waals surface area contributed by atoms with Gasteiger partial charge in [-0.3, -0.25) is 5.21 Å². The highest BCUT2D eigenvalue weighted by atomic mass is 32.2. The molecule has 0 aromatic heterocycles. The summed E-state index contributed by atoms with van der Waals surface area (Å²) < 4.78 is 43.9. The predicted molar refractivity (Wildman–Crippen MR) is 119 cm³/mol. The molecule has 1 unspecified atom stereocenters. The van der Waals surface area contributed by atoms with Crippen LogP contribution in [0.4, 0.5) is 4.79 Å². The van der Waals surface area contributed by atoms with Gasteiger partial charge in [0.1, 0.15) is 23.0 Å². The van der Waals surface area contributed by atoms with Crippen LogP contribution in [0.15, 0.2) is 71.6 Å². The Hall–Kier alpha value is -3.80. The third-order valence-electron chi connectivity index (χ3n) is 5.29. The quantitative estimate of drug-likeness (QED) is 0.356. The van der Waals surface area contributed by atoms with Gasteiger partial charge < -0.3 is 19.3 Å². The summed E-state index contributed by atoms with van der Waals surface area (Å²) in [4.78, 5) is 11.7. The van der Waals surface area contributed by atoms with Crippen molar-refractivity contribution in [2.45, 2.75) is 17.5 Å². The van der Waals surface area contributed by atoms with Gasteiger partial charge in [0, 0.05) is 12.1 Å². The molecule has 0 fully saturated rings. The number of phenolic OH excluding ortho intramolecular Hbond substituents is 1. The first kappa shape index (κ1) is 23.4. The molecule has 3 N–H and O–H groups in total. The Balaban J connectivity index is 1.60. The number of amides is 1. The minimum Gasteiger partial charge on any atom is -0.508 e. The molecule has 34 heavy (non-hydrogen) atoms. The number of phenols is 1. The second-order valence-electron chi connectivity index (χ2n) is 7.37. The number of carbonyl (C=O) groups is 1. The van der Waals surface area contributed by atoms with E-state index in [0.29, 0.717) is 34.8 Å². The first-order chi connectivity index (χ1) is 16.3. The predicted octanol–water partition coefficient (Wildman–Crippen LogP) is 3.55. The Morgan fingerprint density at radius 3 is 2.24 bits per heavy atom. The van der Waals surface area contributed by atoms with Crippen LogP contribution in [0.5, 0.6) is 23.0 Å². The van der Waals surface area contributed by atoms with E-state index in [1.807, 2.05) is 0 Å². The number of nitrogens with one attached hydrogen (secondary N) is 1. The van der Waals surface area contributed by atoms with Crippen molar-refractivity contribution in [3.63, 3.8) is 0 Å². The standard InChI is InChI=1S/C23H22N2O8S/c1-31-17-3-5-18(6-4-17)32-19-7-9-20(10-8-19)34(29,30)25-13-12-15-14-16(26)2-11-21(15)22(25)33-23(27)24-28/h2-11,14,22,26,28H,12-13H2,1H3,(H,24,27). The maximum Gasteiger partial charge on any atom is 0.432 e. The van der Waals surface area contributed by atoms with Crippen LogP contribution in [-0.2, 0) is 21.2 Å². The van der Waals surface area contributed by atoms with Gasteiger partial charge >= 0.3 is 6.09 Å². The maximum absolute atomic E-state index is 13.4. The Morgan fingerprint density at radius 1 is 1.00 bits per heavy atom. The molecule has 11 heteroatoms. The van der Waals surface area contributed by atoms with E-state index in [1.54, 1.807) is 31.4 Å². The lowest BCUT2D eigenvalue weighted by molar-refractivity contribution is 0.00233. The number of hydrogen-bond acceptors (Lipinski definition) is 8. The minimum atomic E-state index is -4.10. The van der Waals surface area contributed by atoms with E-state index in [9.17, 15) is 18.3 Å². The highest BCUT2D eigenvalue weighted by molar-refractivity contribution is 7.89. The van der Waals surface area contributed by atoms with Crippen LogP contribution < -0.4 is 15.0 Å². The van der Waals surface area contributed by atoms with Crippen molar-refractivity contribution in [3.05, 3.63) is 77.9 Å². The van der Waals surface area contributed by atoms with Gasteiger partial charge in [-0.05, 0) is 78.7 Å².